The van der Waals surface area contributed by atoms with Crippen molar-refractivity contribution in [2.75, 3.05) is 11.9 Å². The van der Waals surface area contributed by atoms with E-state index >= 15 is 0 Å². The molecule has 0 aliphatic heterocycles. The van der Waals surface area contributed by atoms with Crippen LogP contribution in [0.5, 0.6) is 0 Å². The normalized spacial score (nSPS) is 16.7. The largest absolute Gasteiger partial charge is 0.370 e. The third-order valence-electron chi connectivity index (χ3n) is 2.71. The second kappa shape index (κ2) is 3.77. The topological polar surface area (TPSA) is 24.9 Å². The number of anilines is 1. The second-order valence-corrected chi connectivity index (χ2v) is 3.90. The van der Waals surface area contributed by atoms with Crippen molar-refractivity contribution in [2.24, 2.45) is 5.92 Å². The molecular formula is C11H16N2. The maximum absolute atomic E-state index is 4.30. The fraction of sp³-hybridized carbons (Fsp3) is 0.545. The lowest BCUT2D eigenvalue weighted by molar-refractivity contribution is 0.333. The Balaban J connectivity index is 1.83. The van der Waals surface area contributed by atoms with E-state index < -0.39 is 0 Å². The molecule has 70 valence electrons. The molecule has 0 atom stereocenters. The zero-order valence-electron chi connectivity index (χ0n) is 8.09. The van der Waals surface area contributed by atoms with Crippen LogP contribution in [0.25, 0.3) is 0 Å². The molecule has 1 heterocycles. The maximum Gasteiger partial charge on any atom is 0.125 e. The molecule has 0 bridgehead atoms. The SMILES string of the molecule is Cc1ccc(NCC2CCC2)nc1. The van der Waals surface area contributed by atoms with Crippen molar-refractivity contribution < 1.29 is 0 Å². The number of rotatable bonds is 3. The third kappa shape index (κ3) is 2.20. The van der Waals surface area contributed by atoms with Gasteiger partial charge >= 0.3 is 0 Å². The molecule has 13 heavy (non-hydrogen) atoms. The van der Waals surface area contributed by atoms with Gasteiger partial charge in [-0.3, -0.25) is 0 Å². The quantitative estimate of drug-likeness (QED) is 0.765. The monoisotopic (exact) mass is 176 g/mol. The molecule has 2 rings (SSSR count). The Bertz CT molecular complexity index is 262. The molecule has 1 N–H and O–H groups in total. The van der Waals surface area contributed by atoms with Crippen LogP contribution in [0.2, 0.25) is 0 Å². The first kappa shape index (κ1) is 8.54. The van der Waals surface area contributed by atoms with Gasteiger partial charge in [-0.2, -0.15) is 0 Å². The van der Waals surface area contributed by atoms with E-state index in [4.69, 9.17) is 0 Å². The van der Waals surface area contributed by atoms with Crippen LogP contribution in [0.1, 0.15) is 24.8 Å². The van der Waals surface area contributed by atoms with Crippen LogP contribution in [-0.4, -0.2) is 11.5 Å². The highest BCUT2D eigenvalue weighted by Crippen LogP contribution is 2.26. The van der Waals surface area contributed by atoms with E-state index in [1.165, 1.54) is 24.8 Å². The molecule has 1 aromatic rings. The summed E-state index contributed by atoms with van der Waals surface area (Å²) in [7, 11) is 0. The van der Waals surface area contributed by atoms with Gasteiger partial charge in [-0.1, -0.05) is 12.5 Å². The van der Waals surface area contributed by atoms with Crippen molar-refractivity contribution in [3.05, 3.63) is 23.9 Å². The van der Waals surface area contributed by atoms with E-state index in [1.54, 1.807) is 0 Å². The van der Waals surface area contributed by atoms with Crippen molar-refractivity contribution in [3.63, 3.8) is 0 Å². The lowest BCUT2D eigenvalue weighted by Gasteiger charge is -2.25. The highest BCUT2D eigenvalue weighted by molar-refractivity contribution is 5.35. The average Bonchev–Trinajstić information content (AvgIpc) is 2.05. The van der Waals surface area contributed by atoms with E-state index in [0.29, 0.717) is 0 Å². The van der Waals surface area contributed by atoms with Crippen LogP contribution in [0.3, 0.4) is 0 Å². The van der Waals surface area contributed by atoms with Gasteiger partial charge in [0.2, 0.25) is 0 Å². The molecule has 0 saturated heterocycles. The Kier molecular flexibility index (Phi) is 2.48. The molecule has 1 aliphatic rings. The summed E-state index contributed by atoms with van der Waals surface area (Å²) in [5.74, 6) is 1.90. The van der Waals surface area contributed by atoms with Gasteiger partial charge in [0.1, 0.15) is 5.82 Å². The fourth-order valence-electron chi connectivity index (χ4n) is 1.52. The Hall–Kier alpha value is -1.05. The Morgan fingerprint density at radius 3 is 2.85 bits per heavy atom. The van der Waals surface area contributed by atoms with Crippen LogP contribution in [0.4, 0.5) is 5.82 Å². The predicted octanol–water partition coefficient (Wildman–Crippen LogP) is 2.60. The zero-order chi connectivity index (χ0) is 9.10. The zero-order valence-corrected chi connectivity index (χ0v) is 8.09. The van der Waals surface area contributed by atoms with E-state index in [0.717, 1.165) is 18.3 Å². The summed E-state index contributed by atoms with van der Waals surface area (Å²) >= 11 is 0. The summed E-state index contributed by atoms with van der Waals surface area (Å²) in [4.78, 5) is 4.30. The molecule has 1 aromatic heterocycles. The molecule has 2 nitrogen and oxygen atoms in total. The fourth-order valence-corrected chi connectivity index (χ4v) is 1.52. The molecule has 0 radical (unpaired) electrons. The Morgan fingerprint density at radius 1 is 1.46 bits per heavy atom. The van der Waals surface area contributed by atoms with Crippen molar-refractivity contribution in [1.82, 2.24) is 4.98 Å². The summed E-state index contributed by atoms with van der Waals surface area (Å²) in [6, 6.07) is 4.14. The average molecular weight is 176 g/mol. The smallest absolute Gasteiger partial charge is 0.125 e. The predicted molar refractivity (Wildman–Crippen MR) is 54.8 cm³/mol. The Morgan fingerprint density at radius 2 is 2.31 bits per heavy atom. The third-order valence-corrected chi connectivity index (χ3v) is 2.71. The van der Waals surface area contributed by atoms with Crippen LogP contribution in [-0.2, 0) is 0 Å². The molecule has 1 fully saturated rings. The lowest BCUT2D eigenvalue weighted by Crippen LogP contribution is -2.21. The molecule has 0 unspecified atom stereocenters. The summed E-state index contributed by atoms with van der Waals surface area (Å²) in [6.07, 6.45) is 6.09. The van der Waals surface area contributed by atoms with Gasteiger partial charge in [0.05, 0.1) is 0 Å². The number of aromatic nitrogens is 1. The van der Waals surface area contributed by atoms with Gasteiger partial charge in [0.15, 0.2) is 0 Å². The standard InChI is InChI=1S/C11H16N2/c1-9-5-6-11(12-7-9)13-8-10-3-2-4-10/h5-7,10H,2-4,8H2,1H3,(H,12,13). The minimum atomic E-state index is 0.892. The summed E-state index contributed by atoms with van der Waals surface area (Å²) in [6.45, 7) is 3.15. The number of nitrogens with zero attached hydrogens (tertiary/aromatic N) is 1. The first-order chi connectivity index (χ1) is 6.34. The summed E-state index contributed by atoms with van der Waals surface area (Å²) in [5.41, 5.74) is 1.22. The number of hydrogen-bond acceptors (Lipinski definition) is 2. The van der Waals surface area contributed by atoms with E-state index in [-0.39, 0.29) is 0 Å². The van der Waals surface area contributed by atoms with Gasteiger partial charge in [-0.15, -0.1) is 0 Å². The molecule has 1 aliphatic carbocycles. The van der Waals surface area contributed by atoms with Crippen LogP contribution < -0.4 is 5.32 Å². The van der Waals surface area contributed by atoms with Gasteiger partial charge in [-0.05, 0) is 37.3 Å². The molecule has 2 heteroatoms. The van der Waals surface area contributed by atoms with E-state index in [1.807, 2.05) is 12.3 Å². The maximum atomic E-state index is 4.30. The number of hydrogen-bond donors (Lipinski definition) is 1. The number of aryl methyl sites for hydroxylation is 1. The first-order valence-electron chi connectivity index (χ1n) is 5.01. The van der Waals surface area contributed by atoms with Crippen LogP contribution in [0, 0.1) is 12.8 Å². The minimum Gasteiger partial charge on any atom is -0.370 e. The van der Waals surface area contributed by atoms with Crippen LogP contribution in [0.15, 0.2) is 18.3 Å². The second-order valence-electron chi connectivity index (χ2n) is 3.90. The van der Waals surface area contributed by atoms with Gasteiger partial charge < -0.3 is 5.32 Å². The lowest BCUT2D eigenvalue weighted by atomic mass is 9.85. The van der Waals surface area contributed by atoms with E-state index in [2.05, 4.69) is 23.3 Å². The highest BCUT2D eigenvalue weighted by Gasteiger charge is 2.16. The molecule has 1 saturated carbocycles. The van der Waals surface area contributed by atoms with Crippen LogP contribution >= 0.6 is 0 Å². The van der Waals surface area contributed by atoms with Crippen molar-refractivity contribution in [3.8, 4) is 0 Å². The minimum absolute atomic E-state index is 0.892. The highest BCUT2D eigenvalue weighted by atomic mass is 15.0. The van der Waals surface area contributed by atoms with Crippen molar-refractivity contribution in [2.45, 2.75) is 26.2 Å². The molecule has 0 amide bonds. The van der Waals surface area contributed by atoms with Crippen molar-refractivity contribution >= 4 is 5.82 Å². The summed E-state index contributed by atoms with van der Waals surface area (Å²) < 4.78 is 0. The van der Waals surface area contributed by atoms with Gasteiger partial charge in [0.25, 0.3) is 0 Å². The Labute approximate surface area is 79.4 Å². The van der Waals surface area contributed by atoms with Gasteiger partial charge in [0, 0.05) is 12.7 Å². The molecule has 0 spiro atoms. The summed E-state index contributed by atoms with van der Waals surface area (Å²) in [5, 5.41) is 3.36. The van der Waals surface area contributed by atoms with Crippen molar-refractivity contribution in [1.29, 1.82) is 0 Å². The molecule has 0 aromatic carbocycles. The first-order valence-corrected chi connectivity index (χ1v) is 5.01. The van der Waals surface area contributed by atoms with E-state index in [9.17, 15) is 0 Å². The molecular weight excluding hydrogens is 160 g/mol. The number of pyridine rings is 1. The van der Waals surface area contributed by atoms with Gasteiger partial charge in [-0.25, -0.2) is 4.98 Å². The number of nitrogens with one attached hydrogen (secondary N) is 1.